The lowest BCUT2D eigenvalue weighted by Crippen LogP contribution is -2.09. The van der Waals surface area contributed by atoms with Crippen molar-refractivity contribution >= 4 is 11.6 Å². The molecule has 4 heteroatoms. The minimum atomic E-state index is -0.571. The molecule has 1 aromatic heterocycles. The van der Waals surface area contributed by atoms with E-state index in [1.54, 1.807) is 12.1 Å². The second-order valence-corrected chi connectivity index (χ2v) is 5.47. The van der Waals surface area contributed by atoms with Gasteiger partial charge in [0.05, 0.1) is 17.8 Å². The van der Waals surface area contributed by atoms with Crippen molar-refractivity contribution in [1.29, 1.82) is 0 Å². The van der Waals surface area contributed by atoms with Gasteiger partial charge in [-0.25, -0.2) is 0 Å². The summed E-state index contributed by atoms with van der Waals surface area (Å²) in [5.74, 6) is 0. The van der Waals surface area contributed by atoms with Gasteiger partial charge in [-0.05, 0) is 36.6 Å². The van der Waals surface area contributed by atoms with Gasteiger partial charge in [0.25, 0.3) is 0 Å². The van der Waals surface area contributed by atoms with Crippen LogP contribution in [0.25, 0.3) is 0 Å². The molecule has 0 amide bonds. The summed E-state index contributed by atoms with van der Waals surface area (Å²) < 4.78 is 2.00. The Hall–Kier alpha value is -1.32. The highest BCUT2D eigenvalue weighted by Crippen LogP contribution is 2.21. The van der Waals surface area contributed by atoms with Crippen LogP contribution < -0.4 is 0 Å². The molecule has 0 spiro atoms. The van der Waals surface area contributed by atoms with Crippen LogP contribution in [-0.4, -0.2) is 14.9 Å². The molecule has 1 aromatic carbocycles. The van der Waals surface area contributed by atoms with E-state index in [4.69, 9.17) is 11.6 Å². The minimum Gasteiger partial charge on any atom is -0.388 e. The first kappa shape index (κ1) is 15.1. The van der Waals surface area contributed by atoms with Gasteiger partial charge in [0.1, 0.15) is 0 Å². The predicted molar refractivity (Wildman–Crippen MR) is 82.0 cm³/mol. The Kier molecular flexibility index (Phi) is 5.21. The molecular weight excluding hydrogens is 272 g/mol. The normalized spacial score (nSPS) is 12.8. The SMILES string of the molecule is CCC(CC)n1ccc(CC(O)c2cccc(Cl)c2)n1. The monoisotopic (exact) mass is 292 g/mol. The third kappa shape index (κ3) is 3.62. The Morgan fingerprint density at radius 1 is 1.25 bits per heavy atom. The Morgan fingerprint density at radius 2 is 2.00 bits per heavy atom. The number of benzene rings is 1. The summed E-state index contributed by atoms with van der Waals surface area (Å²) in [4.78, 5) is 0. The lowest BCUT2D eigenvalue weighted by Gasteiger charge is -2.13. The van der Waals surface area contributed by atoms with E-state index < -0.39 is 6.10 Å². The molecule has 2 rings (SSSR count). The average Bonchev–Trinajstić information content (AvgIpc) is 2.88. The van der Waals surface area contributed by atoms with Crippen molar-refractivity contribution in [2.75, 3.05) is 0 Å². The molecule has 0 aliphatic rings. The molecule has 1 heterocycles. The molecule has 2 aromatic rings. The molecular formula is C16H21ClN2O. The molecule has 1 unspecified atom stereocenters. The summed E-state index contributed by atoms with van der Waals surface area (Å²) in [7, 11) is 0. The summed E-state index contributed by atoms with van der Waals surface area (Å²) >= 11 is 5.94. The van der Waals surface area contributed by atoms with Gasteiger partial charge in [-0.3, -0.25) is 4.68 Å². The Labute approximate surface area is 125 Å². The summed E-state index contributed by atoms with van der Waals surface area (Å²) in [6, 6.07) is 9.75. The van der Waals surface area contributed by atoms with E-state index in [9.17, 15) is 5.11 Å². The van der Waals surface area contributed by atoms with E-state index >= 15 is 0 Å². The van der Waals surface area contributed by atoms with Crippen LogP contribution in [0.3, 0.4) is 0 Å². The topological polar surface area (TPSA) is 38.0 Å². The summed E-state index contributed by atoms with van der Waals surface area (Å²) in [6.07, 6.45) is 4.06. The molecule has 0 saturated heterocycles. The number of halogens is 1. The molecule has 0 saturated carbocycles. The van der Waals surface area contributed by atoms with Crippen LogP contribution in [0.2, 0.25) is 5.02 Å². The molecule has 0 aliphatic carbocycles. The quantitative estimate of drug-likeness (QED) is 0.867. The number of aromatic nitrogens is 2. The van der Waals surface area contributed by atoms with Crippen LogP contribution in [0, 0.1) is 0 Å². The highest BCUT2D eigenvalue weighted by atomic mass is 35.5. The maximum Gasteiger partial charge on any atom is 0.0846 e. The largest absolute Gasteiger partial charge is 0.388 e. The van der Waals surface area contributed by atoms with Gasteiger partial charge in [0.2, 0.25) is 0 Å². The van der Waals surface area contributed by atoms with Crippen molar-refractivity contribution < 1.29 is 5.11 Å². The van der Waals surface area contributed by atoms with Crippen molar-refractivity contribution in [2.24, 2.45) is 0 Å². The maximum atomic E-state index is 10.3. The van der Waals surface area contributed by atoms with Crippen LogP contribution in [0.4, 0.5) is 0 Å². The fourth-order valence-corrected chi connectivity index (χ4v) is 2.58. The van der Waals surface area contributed by atoms with E-state index in [0.29, 0.717) is 17.5 Å². The van der Waals surface area contributed by atoms with Gasteiger partial charge < -0.3 is 5.11 Å². The minimum absolute atomic E-state index is 0.437. The first-order valence-electron chi connectivity index (χ1n) is 7.11. The van der Waals surface area contributed by atoms with Gasteiger partial charge in [-0.1, -0.05) is 37.6 Å². The van der Waals surface area contributed by atoms with Gasteiger partial charge in [-0.2, -0.15) is 5.10 Å². The molecule has 0 aliphatic heterocycles. The van der Waals surface area contributed by atoms with E-state index in [-0.39, 0.29) is 0 Å². The third-order valence-corrected chi connectivity index (χ3v) is 3.85. The van der Waals surface area contributed by atoms with E-state index in [0.717, 1.165) is 24.1 Å². The summed E-state index contributed by atoms with van der Waals surface area (Å²) in [6.45, 7) is 4.33. The maximum absolute atomic E-state index is 10.3. The first-order valence-corrected chi connectivity index (χ1v) is 7.49. The van der Waals surface area contributed by atoms with Gasteiger partial charge in [-0.15, -0.1) is 0 Å². The molecule has 108 valence electrons. The fourth-order valence-electron chi connectivity index (χ4n) is 2.38. The molecule has 0 radical (unpaired) electrons. The molecule has 3 nitrogen and oxygen atoms in total. The molecule has 1 atom stereocenters. The number of hydrogen-bond acceptors (Lipinski definition) is 2. The lowest BCUT2D eigenvalue weighted by atomic mass is 10.1. The molecule has 0 bridgehead atoms. The zero-order chi connectivity index (χ0) is 14.5. The Balaban J connectivity index is 2.06. The van der Waals surface area contributed by atoms with Crippen molar-refractivity contribution in [2.45, 2.75) is 45.3 Å². The molecule has 1 N–H and O–H groups in total. The van der Waals surface area contributed by atoms with Crippen molar-refractivity contribution in [3.8, 4) is 0 Å². The first-order chi connectivity index (χ1) is 9.63. The zero-order valence-corrected chi connectivity index (χ0v) is 12.7. The number of rotatable bonds is 6. The second-order valence-electron chi connectivity index (χ2n) is 5.03. The number of aliphatic hydroxyl groups is 1. The smallest absolute Gasteiger partial charge is 0.0846 e. The fraction of sp³-hybridized carbons (Fsp3) is 0.438. The zero-order valence-electron chi connectivity index (χ0n) is 12.0. The molecule has 0 fully saturated rings. The van der Waals surface area contributed by atoms with Crippen LogP contribution in [-0.2, 0) is 6.42 Å². The van der Waals surface area contributed by atoms with Crippen molar-refractivity contribution in [3.05, 3.63) is 52.8 Å². The van der Waals surface area contributed by atoms with E-state index in [1.165, 1.54) is 0 Å². The van der Waals surface area contributed by atoms with Crippen LogP contribution in [0.15, 0.2) is 36.5 Å². The van der Waals surface area contributed by atoms with Gasteiger partial charge in [0.15, 0.2) is 0 Å². The average molecular weight is 293 g/mol. The highest BCUT2D eigenvalue weighted by molar-refractivity contribution is 6.30. The van der Waals surface area contributed by atoms with Crippen molar-refractivity contribution in [1.82, 2.24) is 9.78 Å². The van der Waals surface area contributed by atoms with E-state index in [2.05, 4.69) is 18.9 Å². The highest BCUT2D eigenvalue weighted by Gasteiger charge is 2.13. The van der Waals surface area contributed by atoms with Crippen LogP contribution >= 0.6 is 11.6 Å². The second kappa shape index (κ2) is 6.91. The summed E-state index contributed by atoms with van der Waals surface area (Å²) in [5, 5.41) is 15.5. The standard InChI is InChI=1S/C16H21ClN2O/c1-3-15(4-2)19-9-8-14(18-19)11-16(20)12-6-5-7-13(17)10-12/h5-10,15-16,20H,3-4,11H2,1-2H3. The van der Waals surface area contributed by atoms with Crippen molar-refractivity contribution in [3.63, 3.8) is 0 Å². The van der Waals surface area contributed by atoms with E-state index in [1.807, 2.05) is 29.1 Å². The Morgan fingerprint density at radius 3 is 2.65 bits per heavy atom. The number of aliphatic hydroxyl groups excluding tert-OH is 1. The lowest BCUT2D eigenvalue weighted by molar-refractivity contribution is 0.176. The summed E-state index contributed by atoms with van der Waals surface area (Å²) in [5.41, 5.74) is 1.74. The number of hydrogen-bond donors (Lipinski definition) is 1. The van der Waals surface area contributed by atoms with Crippen LogP contribution in [0.5, 0.6) is 0 Å². The van der Waals surface area contributed by atoms with Gasteiger partial charge >= 0.3 is 0 Å². The van der Waals surface area contributed by atoms with Crippen LogP contribution in [0.1, 0.15) is 50.1 Å². The predicted octanol–water partition coefficient (Wildman–Crippen LogP) is 4.17. The number of nitrogens with zero attached hydrogens (tertiary/aromatic N) is 2. The Bertz CT molecular complexity index is 549. The molecule has 20 heavy (non-hydrogen) atoms. The van der Waals surface area contributed by atoms with Gasteiger partial charge in [0, 0.05) is 17.6 Å². The third-order valence-electron chi connectivity index (χ3n) is 3.62.